The second-order valence-corrected chi connectivity index (χ2v) is 4.96. The molecule has 1 N–H and O–H groups in total. The summed E-state index contributed by atoms with van der Waals surface area (Å²) in [5.74, 6) is 0.378. The second-order valence-electron chi connectivity index (χ2n) is 4.96. The van der Waals surface area contributed by atoms with Crippen LogP contribution in [0.1, 0.15) is 17.0 Å². The molecule has 23 heavy (non-hydrogen) atoms. The normalized spacial score (nSPS) is 11.3. The van der Waals surface area contributed by atoms with Gasteiger partial charge in [-0.3, -0.25) is 4.79 Å². The Balaban J connectivity index is 1.92. The lowest BCUT2D eigenvalue weighted by atomic mass is 10.1. The Morgan fingerprint density at radius 1 is 1.26 bits per heavy atom. The molecule has 0 aliphatic carbocycles. The van der Waals surface area contributed by atoms with Gasteiger partial charge in [-0.15, -0.1) is 0 Å². The van der Waals surface area contributed by atoms with Crippen molar-refractivity contribution < 1.29 is 27.2 Å². The number of nitrogens with zero attached hydrogens (tertiary/aromatic N) is 1. The van der Waals surface area contributed by atoms with Gasteiger partial charge in [0.25, 0.3) is 0 Å². The molecule has 0 aliphatic rings. The summed E-state index contributed by atoms with van der Waals surface area (Å²) in [5.41, 5.74) is 1.82. The van der Waals surface area contributed by atoms with E-state index in [1.165, 1.54) is 24.3 Å². The van der Waals surface area contributed by atoms with Crippen molar-refractivity contribution in [2.75, 3.05) is 11.9 Å². The molecule has 124 valence electrons. The van der Waals surface area contributed by atoms with Gasteiger partial charge >= 0.3 is 6.18 Å². The first-order valence-corrected chi connectivity index (χ1v) is 6.76. The van der Waals surface area contributed by atoms with E-state index in [-0.39, 0.29) is 18.1 Å². The number of carbonyl (C=O) groups is 1. The Kier molecular flexibility index (Phi) is 4.92. The third kappa shape index (κ3) is 5.01. The SMILES string of the molecule is Cc1noc(C)c1CC(=O)Nc1ccc(OCC(F)(F)F)cc1. The molecule has 0 saturated heterocycles. The number of nitrogens with one attached hydrogen (secondary N) is 1. The van der Waals surface area contributed by atoms with Crippen molar-refractivity contribution in [2.24, 2.45) is 0 Å². The highest BCUT2D eigenvalue weighted by Crippen LogP contribution is 2.20. The maximum atomic E-state index is 12.0. The molecule has 8 heteroatoms. The van der Waals surface area contributed by atoms with Crippen molar-refractivity contribution in [1.29, 1.82) is 0 Å². The number of hydrogen-bond acceptors (Lipinski definition) is 4. The fourth-order valence-electron chi connectivity index (χ4n) is 1.92. The number of aryl methyl sites for hydroxylation is 2. The third-order valence-electron chi connectivity index (χ3n) is 3.06. The van der Waals surface area contributed by atoms with Gasteiger partial charge in [0, 0.05) is 11.3 Å². The molecule has 0 unspecified atom stereocenters. The number of amides is 1. The van der Waals surface area contributed by atoms with E-state index < -0.39 is 12.8 Å². The molecule has 0 radical (unpaired) electrons. The number of benzene rings is 1. The maximum absolute atomic E-state index is 12.0. The summed E-state index contributed by atoms with van der Waals surface area (Å²) in [4.78, 5) is 12.0. The summed E-state index contributed by atoms with van der Waals surface area (Å²) in [6, 6.07) is 5.66. The summed E-state index contributed by atoms with van der Waals surface area (Å²) in [6.07, 6.45) is -4.28. The number of hydrogen-bond donors (Lipinski definition) is 1. The minimum absolute atomic E-state index is 0.0750. The van der Waals surface area contributed by atoms with E-state index in [0.717, 1.165) is 0 Å². The van der Waals surface area contributed by atoms with Crippen molar-refractivity contribution >= 4 is 11.6 Å². The van der Waals surface area contributed by atoms with E-state index in [0.29, 0.717) is 22.7 Å². The van der Waals surface area contributed by atoms with Crippen molar-refractivity contribution in [1.82, 2.24) is 5.16 Å². The van der Waals surface area contributed by atoms with Crippen LogP contribution in [0.2, 0.25) is 0 Å². The van der Waals surface area contributed by atoms with Crippen molar-refractivity contribution in [2.45, 2.75) is 26.4 Å². The molecule has 2 rings (SSSR count). The van der Waals surface area contributed by atoms with Crippen LogP contribution in [0.3, 0.4) is 0 Å². The number of halogens is 3. The number of alkyl halides is 3. The Morgan fingerprint density at radius 2 is 1.91 bits per heavy atom. The van der Waals surface area contributed by atoms with Gasteiger partial charge in [-0.1, -0.05) is 5.16 Å². The molecule has 1 aromatic carbocycles. The summed E-state index contributed by atoms with van der Waals surface area (Å²) in [6.45, 7) is 2.10. The topological polar surface area (TPSA) is 64.4 Å². The molecule has 0 atom stereocenters. The molecular formula is C15H15F3N2O3. The summed E-state index contributed by atoms with van der Waals surface area (Å²) >= 11 is 0. The Bertz CT molecular complexity index is 659. The number of ether oxygens (including phenoxy) is 1. The number of carbonyl (C=O) groups excluding carboxylic acids is 1. The van der Waals surface area contributed by atoms with Crippen LogP contribution in [0.15, 0.2) is 28.8 Å². The molecule has 2 aromatic rings. The fraction of sp³-hybridized carbons (Fsp3) is 0.333. The summed E-state index contributed by atoms with van der Waals surface area (Å²) < 4.78 is 45.7. The van der Waals surface area contributed by atoms with Crippen molar-refractivity contribution in [3.8, 4) is 5.75 Å². The van der Waals surface area contributed by atoms with Crippen LogP contribution in [0.25, 0.3) is 0 Å². The lowest BCUT2D eigenvalue weighted by Crippen LogP contribution is -2.19. The van der Waals surface area contributed by atoms with Crippen LogP contribution in [0.4, 0.5) is 18.9 Å². The smallest absolute Gasteiger partial charge is 0.422 e. The van der Waals surface area contributed by atoms with E-state index in [1.54, 1.807) is 13.8 Å². The van der Waals surface area contributed by atoms with Crippen LogP contribution in [-0.4, -0.2) is 23.8 Å². The Hall–Kier alpha value is -2.51. The summed E-state index contributed by atoms with van der Waals surface area (Å²) in [5, 5.41) is 6.41. The average Bonchev–Trinajstić information content (AvgIpc) is 2.77. The van der Waals surface area contributed by atoms with E-state index in [9.17, 15) is 18.0 Å². The molecule has 0 bridgehead atoms. The van der Waals surface area contributed by atoms with Crippen molar-refractivity contribution in [3.63, 3.8) is 0 Å². The zero-order valence-electron chi connectivity index (χ0n) is 12.5. The minimum Gasteiger partial charge on any atom is -0.484 e. The predicted molar refractivity (Wildman–Crippen MR) is 76.3 cm³/mol. The molecule has 1 heterocycles. The van der Waals surface area contributed by atoms with Gasteiger partial charge in [0.05, 0.1) is 12.1 Å². The maximum Gasteiger partial charge on any atom is 0.422 e. The molecule has 1 amide bonds. The molecule has 0 aliphatic heterocycles. The first kappa shape index (κ1) is 16.9. The molecule has 1 aromatic heterocycles. The third-order valence-corrected chi connectivity index (χ3v) is 3.06. The Morgan fingerprint density at radius 3 is 2.43 bits per heavy atom. The highest BCUT2D eigenvalue weighted by Gasteiger charge is 2.28. The van der Waals surface area contributed by atoms with E-state index in [4.69, 9.17) is 4.52 Å². The monoisotopic (exact) mass is 328 g/mol. The van der Waals surface area contributed by atoms with Crippen LogP contribution < -0.4 is 10.1 Å². The van der Waals surface area contributed by atoms with Crippen LogP contribution in [-0.2, 0) is 11.2 Å². The lowest BCUT2D eigenvalue weighted by molar-refractivity contribution is -0.153. The zero-order chi connectivity index (χ0) is 17.0. The highest BCUT2D eigenvalue weighted by atomic mass is 19.4. The van der Waals surface area contributed by atoms with Gasteiger partial charge in [0.1, 0.15) is 11.5 Å². The average molecular weight is 328 g/mol. The Labute approximate surface area is 130 Å². The molecular weight excluding hydrogens is 313 g/mol. The van der Waals surface area contributed by atoms with E-state index in [2.05, 4.69) is 15.2 Å². The largest absolute Gasteiger partial charge is 0.484 e. The van der Waals surface area contributed by atoms with Gasteiger partial charge in [-0.05, 0) is 38.1 Å². The van der Waals surface area contributed by atoms with Gasteiger partial charge in [0.2, 0.25) is 5.91 Å². The standard InChI is InChI=1S/C15H15F3N2O3/c1-9-13(10(2)23-20-9)7-14(21)19-11-3-5-12(6-4-11)22-8-15(16,17)18/h3-6H,7-8H2,1-2H3,(H,19,21). The molecule has 0 fully saturated rings. The molecule has 5 nitrogen and oxygen atoms in total. The summed E-state index contributed by atoms with van der Waals surface area (Å²) in [7, 11) is 0. The van der Waals surface area contributed by atoms with E-state index >= 15 is 0 Å². The van der Waals surface area contributed by atoms with Gasteiger partial charge in [-0.2, -0.15) is 13.2 Å². The predicted octanol–water partition coefficient (Wildman–Crippen LogP) is 3.41. The quantitative estimate of drug-likeness (QED) is 0.913. The lowest BCUT2D eigenvalue weighted by Gasteiger charge is -2.10. The van der Waals surface area contributed by atoms with Gasteiger partial charge < -0.3 is 14.6 Å². The second kappa shape index (κ2) is 6.72. The zero-order valence-corrected chi connectivity index (χ0v) is 12.5. The fourth-order valence-corrected chi connectivity index (χ4v) is 1.92. The number of aromatic nitrogens is 1. The van der Waals surface area contributed by atoms with Crippen LogP contribution >= 0.6 is 0 Å². The number of anilines is 1. The minimum atomic E-state index is -4.39. The highest BCUT2D eigenvalue weighted by molar-refractivity contribution is 5.92. The van der Waals surface area contributed by atoms with Crippen LogP contribution in [0, 0.1) is 13.8 Å². The first-order chi connectivity index (χ1) is 10.7. The first-order valence-electron chi connectivity index (χ1n) is 6.76. The number of rotatable bonds is 5. The van der Waals surface area contributed by atoms with E-state index in [1.807, 2.05) is 0 Å². The van der Waals surface area contributed by atoms with Crippen LogP contribution in [0.5, 0.6) is 5.75 Å². The van der Waals surface area contributed by atoms with Crippen molar-refractivity contribution in [3.05, 3.63) is 41.3 Å². The van der Waals surface area contributed by atoms with Gasteiger partial charge in [0.15, 0.2) is 6.61 Å². The van der Waals surface area contributed by atoms with Gasteiger partial charge in [-0.25, -0.2) is 0 Å². The molecule has 0 saturated carbocycles. The molecule has 0 spiro atoms.